The van der Waals surface area contributed by atoms with Crippen LogP contribution in [0.1, 0.15) is 54.2 Å². The summed E-state index contributed by atoms with van der Waals surface area (Å²) < 4.78 is 5.06. The number of amides is 1. The van der Waals surface area contributed by atoms with E-state index in [2.05, 4.69) is 20.4 Å². The SMILES string of the molecule is CNC(=O)c1nc(CN2CC[C@](O)(c3ccccc3)[C@@H]3CCCC[C@H]32)no1. The van der Waals surface area contributed by atoms with Crippen LogP contribution in [0.5, 0.6) is 0 Å². The third kappa shape index (κ3) is 3.37. The molecule has 2 N–H and O–H groups in total. The molecule has 0 unspecified atom stereocenters. The van der Waals surface area contributed by atoms with E-state index in [0.717, 1.165) is 37.8 Å². The summed E-state index contributed by atoms with van der Waals surface area (Å²) in [6.07, 6.45) is 5.06. The molecule has 1 aliphatic heterocycles. The first kappa shape index (κ1) is 18.1. The van der Waals surface area contributed by atoms with Gasteiger partial charge >= 0.3 is 11.8 Å². The minimum Gasteiger partial charge on any atom is -0.385 e. The Hall–Kier alpha value is -2.25. The van der Waals surface area contributed by atoms with Crippen molar-refractivity contribution in [1.82, 2.24) is 20.4 Å². The zero-order valence-electron chi connectivity index (χ0n) is 15.6. The third-order valence-corrected chi connectivity index (χ3v) is 6.10. The molecule has 2 heterocycles. The maximum absolute atomic E-state index is 11.6. The molecule has 0 spiro atoms. The number of aromatic nitrogens is 2. The highest BCUT2D eigenvalue weighted by Crippen LogP contribution is 2.47. The number of nitrogens with one attached hydrogen (secondary N) is 1. The standard InChI is InChI=1S/C20H26N4O3/c1-21-18(25)19-22-17(23-27-19)13-24-12-11-20(26,14-7-3-2-4-8-14)15-9-5-6-10-16(15)24/h2-4,7-8,15-16,26H,5-6,9-13H2,1H3,(H,21,25)/t15-,16-,20+/m1/s1. The van der Waals surface area contributed by atoms with Gasteiger partial charge in [0.1, 0.15) is 0 Å². The number of piperidine rings is 1. The summed E-state index contributed by atoms with van der Waals surface area (Å²) in [5.41, 5.74) is 0.232. The highest BCUT2D eigenvalue weighted by atomic mass is 16.5. The molecule has 2 fully saturated rings. The Labute approximate surface area is 158 Å². The Kier molecular flexibility index (Phi) is 4.97. The van der Waals surface area contributed by atoms with Crippen LogP contribution in [-0.2, 0) is 12.1 Å². The fourth-order valence-electron chi connectivity index (χ4n) is 4.75. The monoisotopic (exact) mass is 370 g/mol. The molecule has 4 rings (SSSR count). The van der Waals surface area contributed by atoms with E-state index in [0.29, 0.717) is 18.8 Å². The van der Waals surface area contributed by atoms with Crippen LogP contribution < -0.4 is 5.32 Å². The van der Waals surface area contributed by atoms with Crippen molar-refractivity contribution in [3.8, 4) is 0 Å². The van der Waals surface area contributed by atoms with E-state index >= 15 is 0 Å². The number of likely N-dealkylation sites (tertiary alicyclic amines) is 1. The van der Waals surface area contributed by atoms with Gasteiger partial charge in [0.05, 0.1) is 12.1 Å². The van der Waals surface area contributed by atoms with Crippen molar-refractivity contribution in [3.05, 3.63) is 47.6 Å². The van der Waals surface area contributed by atoms with Crippen molar-refractivity contribution in [3.63, 3.8) is 0 Å². The topological polar surface area (TPSA) is 91.5 Å². The number of rotatable bonds is 4. The normalized spacial score (nSPS) is 28.5. The van der Waals surface area contributed by atoms with E-state index in [1.165, 1.54) is 7.05 Å². The number of carbonyl (C=O) groups is 1. The summed E-state index contributed by atoms with van der Waals surface area (Å²) in [6.45, 7) is 1.29. The average Bonchev–Trinajstić information content (AvgIpc) is 3.19. The summed E-state index contributed by atoms with van der Waals surface area (Å²) in [4.78, 5) is 18.2. The van der Waals surface area contributed by atoms with Crippen molar-refractivity contribution in [2.75, 3.05) is 13.6 Å². The van der Waals surface area contributed by atoms with E-state index in [1.54, 1.807) is 0 Å². The maximum Gasteiger partial charge on any atom is 0.315 e. The lowest BCUT2D eigenvalue weighted by Gasteiger charge is -2.52. The van der Waals surface area contributed by atoms with Crippen LogP contribution in [0.15, 0.2) is 34.9 Å². The highest BCUT2D eigenvalue weighted by Gasteiger charge is 2.49. The van der Waals surface area contributed by atoms with Gasteiger partial charge in [0.2, 0.25) is 0 Å². The summed E-state index contributed by atoms with van der Waals surface area (Å²) >= 11 is 0. The molecule has 2 aliphatic rings. The molecule has 1 saturated heterocycles. The van der Waals surface area contributed by atoms with E-state index in [4.69, 9.17) is 4.52 Å². The van der Waals surface area contributed by atoms with Gasteiger partial charge < -0.3 is 14.9 Å². The van der Waals surface area contributed by atoms with E-state index in [9.17, 15) is 9.90 Å². The van der Waals surface area contributed by atoms with Crippen molar-refractivity contribution in [2.24, 2.45) is 5.92 Å². The second kappa shape index (κ2) is 7.40. The van der Waals surface area contributed by atoms with Gasteiger partial charge in [0, 0.05) is 25.6 Å². The largest absolute Gasteiger partial charge is 0.385 e. The molecule has 1 amide bonds. The van der Waals surface area contributed by atoms with Gasteiger partial charge in [-0.15, -0.1) is 0 Å². The number of benzene rings is 1. The average molecular weight is 370 g/mol. The first-order chi connectivity index (χ1) is 13.1. The summed E-state index contributed by atoms with van der Waals surface area (Å²) in [6, 6.07) is 10.3. The van der Waals surface area contributed by atoms with E-state index in [-0.39, 0.29) is 23.8 Å². The Morgan fingerprint density at radius 1 is 1.33 bits per heavy atom. The Morgan fingerprint density at radius 3 is 2.89 bits per heavy atom. The van der Waals surface area contributed by atoms with E-state index < -0.39 is 5.60 Å². The molecule has 0 radical (unpaired) electrons. The lowest BCUT2D eigenvalue weighted by Crippen LogP contribution is -2.57. The predicted octanol–water partition coefficient (Wildman–Crippen LogP) is 2.08. The van der Waals surface area contributed by atoms with Crippen molar-refractivity contribution < 1.29 is 14.4 Å². The van der Waals surface area contributed by atoms with Gasteiger partial charge in [-0.2, -0.15) is 4.98 Å². The summed E-state index contributed by atoms with van der Waals surface area (Å²) in [7, 11) is 1.54. The second-order valence-electron chi connectivity index (χ2n) is 7.56. The second-order valence-corrected chi connectivity index (χ2v) is 7.56. The molecule has 27 heavy (non-hydrogen) atoms. The number of fused-ring (bicyclic) bond motifs is 1. The highest BCUT2D eigenvalue weighted by molar-refractivity contribution is 5.89. The fraction of sp³-hybridized carbons (Fsp3) is 0.550. The van der Waals surface area contributed by atoms with Crippen LogP contribution in [0, 0.1) is 5.92 Å². The first-order valence-electron chi connectivity index (χ1n) is 9.68. The van der Waals surface area contributed by atoms with Crippen LogP contribution in [0.2, 0.25) is 0 Å². The zero-order valence-corrected chi connectivity index (χ0v) is 15.6. The molecule has 1 aromatic heterocycles. The molecule has 2 aromatic rings. The predicted molar refractivity (Wildman–Crippen MR) is 98.8 cm³/mol. The number of nitrogens with zero attached hydrogens (tertiary/aromatic N) is 3. The molecule has 1 saturated carbocycles. The number of aliphatic hydroxyl groups is 1. The molecule has 144 valence electrons. The fourth-order valence-corrected chi connectivity index (χ4v) is 4.75. The van der Waals surface area contributed by atoms with Crippen LogP contribution in [0.25, 0.3) is 0 Å². The Morgan fingerprint density at radius 2 is 2.11 bits per heavy atom. The molecule has 3 atom stereocenters. The molecule has 7 nitrogen and oxygen atoms in total. The van der Waals surface area contributed by atoms with Gasteiger partial charge in [0.25, 0.3) is 0 Å². The summed E-state index contributed by atoms with van der Waals surface area (Å²) in [5, 5.41) is 18.1. The van der Waals surface area contributed by atoms with Crippen LogP contribution in [0.4, 0.5) is 0 Å². The molecular formula is C20H26N4O3. The Bertz CT molecular complexity index is 794. The number of hydrogen-bond acceptors (Lipinski definition) is 6. The van der Waals surface area contributed by atoms with Crippen molar-refractivity contribution >= 4 is 5.91 Å². The molecule has 1 aliphatic carbocycles. The summed E-state index contributed by atoms with van der Waals surface area (Å²) in [5.74, 6) is 0.322. The molecule has 7 heteroatoms. The maximum atomic E-state index is 11.6. The van der Waals surface area contributed by atoms with Gasteiger partial charge in [-0.05, 0) is 24.8 Å². The Balaban J connectivity index is 1.55. The lowest BCUT2D eigenvalue weighted by molar-refractivity contribution is -0.123. The molecular weight excluding hydrogens is 344 g/mol. The van der Waals surface area contributed by atoms with Crippen molar-refractivity contribution in [2.45, 2.75) is 50.3 Å². The number of hydrogen-bond donors (Lipinski definition) is 2. The van der Waals surface area contributed by atoms with Crippen LogP contribution in [0.3, 0.4) is 0 Å². The van der Waals surface area contributed by atoms with Gasteiger partial charge in [-0.1, -0.05) is 48.3 Å². The molecule has 1 aromatic carbocycles. The third-order valence-electron chi connectivity index (χ3n) is 6.10. The number of carbonyl (C=O) groups excluding carboxylic acids is 1. The van der Waals surface area contributed by atoms with Crippen molar-refractivity contribution in [1.29, 1.82) is 0 Å². The van der Waals surface area contributed by atoms with E-state index in [1.807, 2.05) is 30.3 Å². The van der Waals surface area contributed by atoms with Gasteiger partial charge in [-0.25, -0.2) is 0 Å². The van der Waals surface area contributed by atoms with Gasteiger partial charge in [0.15, 0.2) is 5.82 Å². The van der Waals surface area contributed by atoms with Gasteiger partial charge in [-0.3, -0.25) is 9.69 Å². The van der Waals surface area contributed by atoms with Crippen LogP contribution in [-0.4, -0.2) is 45.7 Å². The quantitative estimate of drug-likeness (QED) is 0.856. The smallest absolute Gasteiger partial charge is 0.315 e. The van der Waals surface area contributed by atoms with Crippen LogP contribution >= 0.6 is 0 Å². The zero-order chi connectivity index (χ0) is 18.9. The minimum atomic E-state index is -0.784. The lowest BCUT2D eigenvalue weighted by atomic mass is 9.66. The first-order valence-corrected chi connectivity index (χ1v) is 9.68. The molecule has 0 bridgehead atoms. The minimum absolute atomic E-state index is 0.00880.